The topological polar surface area (TPSA) is 53.4 Å². The van der Waals surface area contributed by atoms with Crippen molar-refractivity contribution >= 4 is 29.1 Å². The first-order valence-corrected chi connectivity index (χ1v) is 7.10. The molecule has 6 heteroatoms. The zero-order valence-corrected chi connectivity index (χ0v) is 11.7. The van der Waals surface area contributed by atoms with Gasteiger partial charge in [0, 0.05) is 25.2 Å². The van der Waals surface area contributed by atoms with Gasteiger partial charge in [0.1, 0.15) is 5.15 Å². The Bertz CT molecular complexity index is 523. The molecule has 19 heavy (non-hydrogen) atoms. The van der Waals surface area contributed by atoms with Crippen LogP contribution in [0.2, 0.25) is 10.2 Å². The maximum atomic E-state index is 12.4. The number of aliphatic hydroxyl groups is 1. The average molecular weight is 301 g/mol. The number of fused-ring (bicyclic) bond motifs is 1. The molecule has 2 fully saturated rings. The lowest BCUT2D eigenvalue weighted by Crippen LogP contribution is -2.31. The Balaban J connectivity index is 1.80. The molecule has 1 saturated heterocycles. The van der Waals surface area contributed by atoms with Crippen LogP contribution >= 0.6 is 23.2 Å². The lowest BCUT2D eigenvalue weighted by molar-refractivity contribution is 0.0752. The Morgan fingerprint density at radius 2 is 2.16 bits per heavy atom. The number of halogens is 2. The molecule has 1 amide bonds. The van der Waals surface area contributed by atoms with E-state index in [9.17, 15) is 9.90 Å². The molecule has 102 valence electrons. The van der Waals surface area contributed by atoms with Gasteiger partial charge in [-0.05, 0) is 24.8 Å². The number of hydrogen-bond donors (Lipinski definition) is 1. The Hall–Kier alpha value is -0.840. The monoisotopic (exact) mass is 300 g/mol. The van der Waals surface area contributed by atoms with Crippen LogP contribution < -0.4 is 0 Å². The molecule has 1 aliphatic heterocycles. The van der Waals surface area contributed by atoms with Crippen molar-refractivity contribution in [3.63, 3.8) is 0 Å². The summed E-state index contributed by atoms with van der Waals surface area (Å²) in [7, 11) is 0. The Kier molecular flexibility index (Phi) is 3.41. The van der Waals surface area contributed by atoms with Crippen molar-refractivity contribution in [3.8, 4) is 0 Å². The van der Waals surface area contributed by atoms with E-state index in [-0.39, 0.29) is 23.1 Å². The summed E-state index contributed by atoms with van der Waals surface area (Å²) in [6.07, 6.45) is 2.95. The van der Waals surface area contributed by atoms with Crippen LogP contribution in [0.25, 0.3) is 0 Å². The maximum absolute atomic E-state index is 12.4. The van der Waals surface area contributed by atoms with E-state index in [0.29, 0.717) is 29.6 Å². The predicted octanol–water partition coefficient (Wildman–Crippen LogP) is 2.23. The Morgan fingerprint density at radius 3 is 2.89 bits per heavy atom. The van der Waals surface area contributed by atoms with E-state index < -0.39 is 0 Å². The minimum absolute atomic E-state index is 0.129. The molecule has 0 spiro atoms. The quantitative estimate of drug-likeness (QED) is 0.809. The van der Waals surface area contributed by atoms with Crippen molar-refractivity contribution in [1.29, 1.82) is 0 Å². The SMILES string of the molecule is O=C(c1cc(Cl)ncc1Cl)N1CC2CCC(O)C2C1. The zero-order chi connectivity index (χ0) is 13.6. The number of aliphatic hydroxyl groups excluding tert-OH is 1. The van der Waals surface area contributed by atoms with Gasteiger partial charge < -0.3 is 10.0 Å². The van der Waals surface area contributed by atoms with Gasteiger partial charge in [-0.2, -0.15) is 0 Å². The van der Waals surface area contributed by atoms with Crippen molar-refractivity contribution < 1.29 is 9.90 Å². The van der Waals surface area contributed by atoms with Crippen molar-refractivity contribution in [1.82, 2.24) is 9.88 Å². The van der Waals surface area contributed by atoms with E-state index >= 15 is 0 Å². The standard InChI is InChI=1S/C13H14Cl2N2O2/c14-10-4-16-12(15)3-8(10)13(19)17-5-7-1-2-11(18)9(7)6-17/h3-4,7,9,11,18H,1-2,5-6H2. The normalized spacial score (nSPS) is 29.6. The summed E-state index contributed by atoms with van der Waals surface area (Å²) in [6.45, 7) is 1.29. The number of hydrogen-bond acceptors (Lipinski definition) is 3. The third-order valence-corrected chi connectivity index (χ3v) is 4.67. The van der Waals surface area contributed by atoms with Crippen LogP contribution in [0.5, 0.6) is 0 Å². The minimum Gasteiger partial charge on any atom is -0.393 e. The highest BCUT2D eigenvalue weighted by Gasteiger charge is 2.43. The molecular weight excluding hydrogens is 287 g/mol. The zero-order valence-electron chi connectivity index (χ0n) is 10.2. The second-order valence-corrected chi connectivity index (χ2v) is 6.06. The summed E-state index contributed by atoms with van der Waals surface area (Å²) in [5.74, 6) is 0.492. The largest absolute Gasteiger partial charge is 0.393 e. The fourth-order valence-corrected chi connectivity index (χ4v) is 3.49. The number of carbonyl (C=O) groups excluding carboxylic acids is 1. The number of rotatable bonds is 1. The summed E-state index contributed by atoms with van der Waals surface area (Å²) in [5.41, 5.74) is 0.385. The van der Waals surface area contributed by atoms with Gasteiger partial charge in [-0.1, -0.05) is 23.2 Å². The first-order chi connectivity index (χ1) is 9.06. The minimum atomic E-state index is -0.278. The van der Waals surface area contributed by atoms with Gasteiger partial charge in [0.05, 0.1) is 16.7 Å². The summed E-state index contributed by atoms with van der Waals surface area (Å²) in [4.78, 5) is 18.0. The highest BCUT2D eigenvalue weighted by atomic mass is 35.5. The van der Waals surface area contributed by atoms with E-state index in [0.717, 1.165) is 12.8 Å². The number of pyridine rings is 1. The fraction of sp³-hybridized carbons (Fsp3) is 0.538. The lowest BCUT2D eigenvalue weighted by Gasteiger charge is -2.19. The van der Waals surface area contributed by atoms with E-state index in [1.807, 2.05) is 0 Å². The van der Waals surface area contributed by atoms with Crippen LogP contribution in [0.15, 0.2) is 12.3 Å². The third kappa shape index (κ3) is 2.33. The molecule has 3 atom stereocenters. The fourth-order valence-electron chi connectivity index (χ4n) is 3.15. The lowest BCUT2D eigenvalue weighted by atomic mass is 10.00. The molecule has 2 heterocycles. The molecule has 3 unspecified atom stereocenters. The van der Waals surface area contributed by atoms with Crippen LogP contribution in [0.4, 0.5) is 0 Å². The number of amides is 1. The van der Waals surface area contributed by atoms with Crippen molar-refractivity contribution in [2.45, 2.75) is 18.9 Å². The van der Waals surface area contributed by atoms with Gasteiger partial charge in [-0.25, -0.2) is 4.98 Å². The molecule has 1 N–H and O–H groups in total. The van der Waals surface area contributed by atoms with Crippen LogP contribution in [-0.4, -0.2) is 40.1 Å². The van der Waals surface area contributed by atoms with Crippen molar-refractivity contribution in [2.24, 2.45) is 11.8 Å². The number of carbonyl (C=O) groups is 1. The molecule has 1 aliphatic carbocycles. The Labute approximate surface area is 121 Å². The van der Waals surface area contributed by atoms with E-state index in [2.05, 4.69) is 4.98 Å². The molecule has 1 aromatic rings. The molecule has 0 radical (unpaired) electrons. The molecular formula is C13H14Cl2N2O2. The number of likely N-dealkylation sites (tertiary alicyclic amines) is 1. The highest BCUT2D eigenvalue weighted by Crippen LogP contribution is 2.38. The predicted molar refractivity (Wildman–Crippen MR) is 72.4 cm³/mol. The van der Waals surface area contributed by atoms with E-state index in [4.69, 9.17) is 23.2 Å². The second kappa shape index (κ2) is 4.93. The second-order valence-electron chi connectivity index (χ2n) is 5.27. The molecule has 4 nitrogen and oxygen atoms in total. The smallest absolute Gasteiger partial charge is 0.255 e. The number of aromatic nitrogens is 1. The Morgan fingerprint density at radius 1 is 1.37 bits per heavy atom. The van der Waals surface area contributed by atoms with Crippen LogP contribution in [0.1, 0.15) is 23.2 Å². The van der Waals surface area contributed by atoms with Gasteiger partial charge in [0.25, 0.3) is 5.91 Å². The van der Waals surface area contributed by atoms with Gasteiger partial charge in [0.15, 0.2) is 0 Å². The highest BCUT2D eigenvalue weighted by molar-refractivity contribution is 6.35. The van der Waals surface area contributed by atoms with E-state index in [1.165, 1.54) is 12.3 Å². The molecule has 0 aromatic carbocycles. The molecule has 1 saturated carbocycles. The summed E-state index contributed by atoms with van der Waals surface area (Å²) < 4.78 is 0. The molecule has 0 bridgehead atoms. The molecule has 2 aliphatic rings. The van der Waals surface area contributed by atoms with Crippen LogP contribution in [0.3, 0.4) is 0 Å². The summed E-state index contributed by atoms with van der Waals surface area (Å²) in [6, 6.07) is 1.50. The summed E-state index contributed by atoms with van der Waals surface area (Å²) >= 11 is 11.8. The maximum Gasteiger partial charge on any atom is 0.255 e. The van der Waals surface area contributed by atoms with Gasteiger partial charge >= 0.3 is 0 Å². The van der Waals surface area contributed by atoms with Gasteiger partial charge in [-0.15, -0.1) is 0 Å². The van der Waals surface area contributed by atoms with Crippen molar-refractivity contribution in [2.75, 3.05) is 13.1 Å². The van der Waals surface area contributed by atoms with Gasteiger partial charge in [0.2, 0.25) is 0 Å². The van der Waals surface area contributed by atoms with Crippen molar-refractivity contribution in [3.05, 3.63) is 28.0 Å². The van der Waals surface area contributed by atoms with Crippen LogP contribution in [-0.2, 0) is 0 Å². The van der Waals surface area contributed by atoms with Gasteiger partial charge in [-0.3, -0.25) is 4.79 Å². The van der Waals surface area contributed by atoms with Crippen LogP contribution in [0, 0.1) is 11.8 Å². The summed E-state index contributed by atoms with van der Waals surface area (Å²) in [5, 5.41) is 10.4. The first kappa shape index (κ1) is 13.2. The molecule has 1 aromatic heterocycles. The van der Waals surface area contributed by atoms with E-state index in [1.54, 1.807) is 4.90 Å². The molecule has 3 rings (SSSR count). The third-order valence-electron chi connectivity index (χ3n) is 4.16. The first-order valence-electron chi connectivity index (χ1n) is 6.34. The number of nitrogens with zero attached hydrogens (tertiary/aromatic N) is 2. The average Bonchev–Trinajstić information content (AvgIpc) is 2.94.